The van der Waals surface area contributed by atoms with E-state index in [1.165, 1.54) is 6.08 Å². The zero-order chi connectivity index (χ0) is 19.1. The van der Waals surface area contributed by atoms with Gasteiger partial charge >= 0.3 is 5.97 Å². The fraction of sp³-hybridized carbons (Fsp3) is 0.278. The van der Waals surface area contributed by atoms with Crippen molar-refractivity contribution in [1.82, 2.24) is 4.98 Å². The Bertz CT molecular complexity index is 829. The summed E-state index contributed by atoms with van der Waals surface area (Å²) in [6.45, 7) is 4.14. The molecule has 7 nitrogen and oxygen atoms in total. The van der Waals surface area contributed by atoms with E-state index in [0.717, 1.165) is 16.9 Å². The highest BCUT2D eigenvalue weighted by molar-refractivity contribution is 7.16. The fourth-order valence-corrected chi connectivity index (χ4v) is 3.12. The van der Waals surface area contributed by atoms with Crippen LogP contribution in [0.5, 0.6) is 11.5 Å². The Morgan fingerprint density at radius 1 is 1.35 bits per heavy atom. The maximum Gasteiger partial charge on any atom is 0.308 e. The summed E-state index contributed by atoms with van der Waals surface area (Å²) in [6.07, 6.45) is 2.91. The van der Waals surface area contributed by atoms with Crippen LogP contribution in [0.3, 0.4) is 0 Å². The number of methoxy groups -OCH3 is 1. The second-order valence-electron chi connectivity index (χ2n) is 5.26. The van der Waals surface area contributed by atoms with Crippen molar-refractivity contribution in [3.05, 3.63) is 40.4 Å². The fourth-order valence-electron chi connectivity index (χ4n) is 2.16. The molecule has 1 aromatic carbocycles. The van der Waals surface area contributed by atoms with Gasteiger partial charge in [0, 0.05) is 11.0 Å². The molecule has 1 amide bonds. The Hall–Kier alpha value is -2.87. The number of nitrogens with one attached hydrogen (secondary N) is 1. The lowest BCUT2D eigenvalue weighted by molar-refractivity contribution is -0.136. The van der Waals surface area contributed by atoms with Gasteiger partial charge in [0.2, 0.25) is 5.91 Å². The van der Waals surface area contributed by atoms with Crippen LogP contribution >= 0.6 is 11.3 Å². The standard InChI is InChI=1S/C18H20N2O5S/c1-4-25-13-7-5-12(9-14(13)24-3)6-8-16(21)20-18-19-11(2)15(26-18)10-17(22)23/h5-9H,4,10H2,1-3H3,(H,22,23)(H,19,20,21)/b8-6+. The van der Waals surface area contributed by atoms with Crippen molar-refractivity contribution in [2.24, 2.45) is 0 Å². The molecule has 0 bridgehead atoms. The van der Waals surface area contributed by atoms with Crippen molar-refractivity contribution in [1.29, 1.82) is 0 Å². The summed E-state index contributed by atoms with van der Waals surface area (Å²) in [5, 5.41) is 11.9. The van der Waals surface area contributed by atoms with Gasteiger partial charge in [0.05, 0.1) is 25.8 Å². The molecule has 2 aromatic rings. The first-order chi connectivity index (χ1) is 12.4. The topological polar surface area (TPSA) is 97.8 Å². The number of amides is 1. The summed E-state index contributed by atoms with van der Waals surface area (Å²) < 4.78 is 10.7. The third-order valence-electron chi connectivity index (χ3n) is 3.35. The second kappa shape index (κ2) is 9.00. The Morgan fingerprint density at radius 2 is 2.12 bits per heavy atom. The Kier molecular flexibility index (Phi) is 6.74. The minimum absolute atomic E-state index is 0.110. The van der Waals surface area contributed by atoms with Crippen LogP contribution in [-0.2, 0) is 16.0 Å². The molecule has 1 heterocycles. The number of carboxylic acid groups (broad SMARTS) is 1. The number of carbonyl (C=O) groups excluding carboxylic acids is 1. The van der Waals surface area contributed by atoms with Crippen LogP contribution in [0.2, 0.25) is 0 Å². The first-order valence-electron chi connectivity index (χ1n) is 7.91. The van der Waals surface area contributed by atoms with E-state index in [9.17, 15) is 9.59 Å². The molecule has 0 aliphatic heterocycles. The number of aliphatic carboxylic acids is 1. The largest absolute Gasteiger partial charge is 0.493 e. The van der Waals surface area contributed by atoms with Gasteiger partial charge in [0.15, 0.2) is 16.6 Å². The van der Waals surface area contributed by atoms with Crippen molar-refractivity contribution < 1.29 is 24.2 Å². The summed E-state index contributed by atoms with van der Waals surface area (Å²) in [4.78, 5) is 27.6. The molecule has 2 rings (SSSR count). The summed E-state index contributed by atoms with van der Waals surface area (Å²) in [7, 11) is 1.55. The molecule has 1 aromatic heterocycles. The van der Waals surface area contributed by atoms with Gasteiger partial charge in [-0.3, -0.25) is 14.9 Å². The van der Waals surface area contributed by atoms with Gasteiger partial charge in [-0.05, 0) is 37.6 Å². The highest BCUT2D eigenvalue weighted by atomic mass is 32.1. The zero-order valence-corrected chi connectivity index (χ0v) is 15.6. The number of nitrogens with zero attached hydrogens (tertiary/aromatic N) is 1. The van der Waals surface area contributed by atoms with Crippen LogP contribution in [-0.4, -0.2) is 35.7 Å². The quantitative estimate of drug-likeness (QED) is 0.687. The molecule has 0 atom stereocenters. The average molecular weight is 376 g/mol. The highest BCUT2D eigenvalue weighted by Crippen LogP contribution is 2.28. The molecule has 0 aliphatic rings. The SMILES string of the molecule is CCOc1ccc(/C=C/C(=O)Nc2nc(C)c(CC(=O)O)s2)cc1OC. The van der Waals surface area contributed by atoms with Crippen molar-refractivity contribution in [3.8, 4) is 11.5 Å². The third kappa shape index (κ3) is 5.32. The van der Waals surface area contributed by atoms with Gasteiger partial charge in [-0.15, -0.1) is 11.3 Å². The van der Waals surface area contributed by atoms with Crippen LogP contribution in [0.15, 0.2) is 24.3 Å². The average Bonchev–Trinajstić information content (AvgIpc) is 2.92. The number of hydrogen-bond acceptors (Lipinski definition) is 6. The summed E-state index contributed by atoms with van der Waals surface area (Å²) >= 11 is 1.16. The Balaban J connectivity index is 2.04. The second-order valence-corrected chi connectivity index (χ2v) is 6.35. The molecule has 0 saturated heterocycles. The number of ether oxygens (including phenoxy) is 2. The number of carboxylic acids is 1. The van der Waals surface area contributed by atoms with E-state index in [0.29, 0.717) is 33.8 Å². The predicted octanol–water partition coefficient (Wildman–Crippen LogP) is 3.14. The maximum absolute atomic E-state index is 12.0. The maximum atomic E-state index is 12.0. The van der Waals surface area contributed by atoms with Gasteiger partial charge in [0.1, 0.15) is 0 Å². The van der Waals surface area contributed by atoms with Gasteiger partial charge in [-0.25, -0.2) is 4.98 Å². The molecule has 0 unspecified atom stereocenters. The van der Waals surface area contributed by atoms with Crippen molar-refractivity contribution in [2.45, 2.75) is 20.3 Å². The number of hydrogen-bond donors (Lipinski definition) is 2. The molecule has 0 saturated carbocycles. The van der Waals surface area contributed by atoms with Crippen LogP contribution in [0, 0.1) is 6.92 Å². The minimum Gasteiger partial charge on any atom is -0.493 e. The molecule has 0 spiro atoms. The summed E-state index contributed by atoms with van der Waals surface area (Å²) in [6, 6.07) is 5.37. The lowest BCUT2D eigenvalue weighted by Crippen LogP contribution is -2.07. The number of aryl methyl sites for hydroxylation is 1. The minimum atomic E-state index is -0.932. The molecule has 8 heteroatoms. The Labute approximate surface area is 155 Å². The zero-order valence-electron chi connectivity index (χ0n) is 14.7. The molecule has 26 heavy (non-hydrogen) atoms. The van der Waals surface area contributed by atoms with Gasteiger partial charge in [-0.2, -0.15) is 0 Å². The van der Waals surface area contributed by atoms with Crippen molar-refractivity contribution >= 4 is 34.4 Å². The van der Waals surface area contributed by atoms with E-state index in [1.807, 2.05) is 13.0 Å². The molecular weight excluding hydrogens is 356 g/mol. The van der Waals surface area contributed by atoms with Gasteiger partial charge in [0.25, 0.3) is 0 Å². The molecule has 0 aliphatic carbocycles. The number of aromatic nitrogens is 1. The highest BCUT2D eigenvalue weighted by Gasteiger charge is 2.12. The van der Waals surface area contributed by atoms with E-state index in [1.54, 1.807) is 32.2 Å². The Morgan fingerprint density at radius 3 is 2.77 bits per heavy atom. The van der Waals surface area contributed by atoms with E-state index in [-0.39, 0.29) is 12.3 Å². The normalized spacial score (nSPS) is 10.7. The van der Waals surface area contributed by atoms with Gasteiger partial charge < -0.3 is 14.6 Å². The molecule has 0 fully saturated rings. The number of rotatable bonds is 8. The number of thiazole rings is 1. The van der Waals surface area contributed by atoms with Gasteiger partial charge in [-0.1, -0.05) is 6.07 Å². The first kappa shape index (κ1) is 19.5. The van der Waals surface area contributed by atoms with E-state index in [4.69, 9.17) is 14.6 Å². The van der Waals surface area contributed by atoms with Crippen LogP contribution in [0.4, 0.5) is 5.13 Å². The summed E-state index contributed by atoms with van der Waals surface area (Å²) in [5.41, 5.74) is 1.38. The number of carbonyl (C=O) groups is 2. The lowest BCUT2D eigenvalue weighted by atomic mass is 10.2. The van der Waals surface area contributed by atoms with Crippen molar-refractivity contribution in [3.63, 3.8) is 0 Å². The van der Waals surface area contributed by atoms with E-state index >= 15 is 0 Å². The number of benzene rings is 1. The van der Waals surface area contributed by atoms with Crippen LogP contribution in [0.25, 0.3) is 6.08 Å². The number of anilines is 1. The lowest BCUT2D eigenvalue weighted by Gasteiger charge is -2.09. The molecule has 2 N–H and O–H groups in total. The predicted molar refractivity (Wildman–Crippen MR) is 100 cm³/mol. The molecule has 138 valence electrons. The molecular formula is C18H20N2O5S. The first-order valence-corrected chi connectivity index (χ1v) is 8.72. The third-order valence-corrected chi connectivity index (χ3v) is 4.42. The van der Waals surface area contributed by atoms with Crippen LogP contribution in [0.1, 0.15) is 23.1 Å². The van der Waals surface area contributed by atoms with E-state index < -0.39 is 5.97 Å². The molecule has 0 radical (unpaired) electrons. The smallest absolute Gasteiger partial charge is 0.308 e. The summed E-state index contributed by atoms with van der Waals surface area (Å²) in [5.74, 6) is -0.0588. The van der Waals surface area contributed by atoms with Crippen molar-refractivity contribution in [2.75, 3.05) is 19.0 Å². The monoisotopic (exact) mass is 376 g/mol. The van der Waals surface area contributed by atoms with Crippen LogP contribution < -0.4 is 14.8 Å². The van der Waals surface area contributed by atoms with E-state index in [2.05, 4.69) is 10.3 Å².